The predicted octanol–water partition coefficient (Wildman–Crippen LogP) is 3.13. The molecule has 0 saturated carbocycles. The zero-order valence-electron chi connectivity index (χ0n) is 14.7. The molecule has 1 aromatic heterocycles. The first-order valence-electron chi connectivity index (χ1n) is 8.96. The maximum Gasteiger partial charge on any atom is 0.255 e. The molecule has 2 aliphatic heterocycles. The Morgan fingerprint density at radius 1 is 1.12 bits per heavy atom. The largest absolute Gasteiger partial charge is 0.331 e. The zero-order chi connectivity index (χ0) is 16.8. The van der Waals surface area contributed by atoms with Gasteiger partial charge in [0.1, 0.15) is 0 Å². The summed E-state index contributed by atoms with van der Waals surface area (Å²) < 4.78 is 0. The Morgan fingerprint density at radius 3 is 2.75 bits per heavy atom. The Bertz CT molecular complexity index is 800. The standard InChI is InChI=1S/C20H25N3O/c1-12-8-13(2)19-17(9-12)18(10-14(3)22-19)20(24)23-15-4-5-16(23)11-21-7-6-15/h8-10,15-16,21H,4-7,11H2,1-3H3/t15-,16+/m0/s1. The van der Waals surface area contributed by atoms with Crippen molar-refractivity contribution >= 4 is 16.8 Å². The Labute approximate surface area is 143 Å². The minimum absolute atomic E-state index is 0.187. The summed E-state index contributed by atoms with van der Waals surface area (Å²) in [5.41, 5.74) is 5.02. The molecule has 2 bridgehead atoms. The van der Waals surface area contributed by atoms with E-state index in [1.165, 1.54) is 5.56 Å². The maximum absolute atomic E-state index is 13.5. The number of pyridine rings is 1. The topological polar surface area (TPSA) is 45.2 Å². The molecule has 4 heteroatoms. The molecule has 24 heavy (non-hydrogen) atoms. The van der Waals surface area contributed by atoms with E-state index in [0.717, 1.165) is 60.1 Å². The van der Waals surface area contributed by atoms with Gasteiger partial charge in [0.15, 0.2) is 0 Å². The first kappa shape index (κ1) is 15.6. The van der Waals surface area contributed by atoms with Gasteiger partial charge in [0.05, 0.1) is 11.1 Å². The monoisotopic (exact) mass is 323 g/mol. The van der Waals surface area contributed by atoms with E-state index in [2.05, 4.69) is 36.2 Å². The first-order chi connectivity index (χ1) is 11.5. The summed E-state index contributed by atoms with van der Waals surface area (Å²) >= 11 is 0. The highest BCUT2D eigenvalue weighted by molar-refractivity contribution is 6.07. The molecule has 4 nitrogen and oxygen atoms in total. The van der Waals surface area contributed by atoms with Crippen molar-refractivity contribution in [3.8, 4) is 0 Å². The van der Waals surface area contributed by atoms with Crippen LogP contribution in [0.15, 0.2) is 18.2 Å². The van der Waals surface area contributed by atoms with Gasteiger partial charge in [-0.15, -0.1) is 0 Å². The molecule has 2 aliphatic rings. The number of nitrogens with one attached hydrogen (secondary N) is 1. The van der Waals surface area contributed by atoms with Crippen LogP contribution in [0.3, 0.4) is 0 Å². The highest BCUT2D eigenvalue weighted by Gasteiger charge is 2.38. The van der Waals surface area contributed by atoms with Gasteiger partial charge < -0.3 is 10.2 Å². The number of aryl methyl sites for hydroxylation is 3. The third-order valence-corrected chi connectivity index (χ3v) is 5.50. The molecule has 0 radical (unpaired) electrons. The summed E-state index contributed by atoms with van der Waals surface area (Å²) in [5.74, 6) is 0.187. The molecule has 2 aromatic rings. The van der Waals surface area contributed by atoms with Crippen molar-refractivity contribution in [3.63, 3.8) is 0 Å². The lowest BCUT2D eigenvalue weighted by atomic mass is 10.0. The Hall–Kier alpha value is -1.94. The van der Waals surface area contributed by atoms with Crippen molar-refractivity contribution in [2.45, 2.75) is 52.1 Å². The van der Waals surface area contributed by atoms with Gasteiger partial charge in [0, 0.05) is 29.7 Å². The molecule has 126 valence electrons. The SMILES string of the molecule is Cc1cc(C)c2nc(C)cc(C(=O)N3[C@@H]4CCNC[C@H]3CC4)c2c1. The number of benzene rings is 1. The number of fused-ring (bicyclic) bond motifs is 3. The third kappa shape index (κ3) is 2.49. The lowest BCUT2D eigenvalue weighted by Crippen LogP contribution is -2.42. The third-order valence-electron chi connectivity index (χ3n) is 5.50. The van der Waals surface area contributed by atoms with E-state index in [9.17, 15) is 4.79 Å². The van der Waals surface area contributed by atoms with Gasteiger partial charge in [0.2, 0.25) is 0 Å². The number of hydrogen-bond acceptors (Lipinski definition) is 3. The highest BCUT2D eigenvalue weighted by atomic mass is 16.2. The highest BCUT2D eigenvalue weighted by Crippen LogP contribution is 2.32. The van der Waals surface area contributed by atoms with E-state index in [1.54, 1.807) is 0 Å². The molecule has 1 N–H and O–H groups in total. The molecule has 4 rings (SSSR count). The second-order valence-corrected chi connectivity index (χ2v) is 7.38. The van der Waals surface area contributed by atoms with Crippen LogP contribution in [0.4, 0.5) is 0 Å². The number of hydrogen-bond donors (Lipinski definition) is 1. The van der Waals surface area contributed by atoms with Crippen molar-refractivity contribution in [2.75, 3.05) is 13.1 Å². The van der Waals surface area contributed by atoms with E-state index < -0.39 is 0 Å². The van der Waals surface area contributed by atoms with Gasteiger partial charge in [-0.05, 0) is 64.3 Å². The fraction of sp³-hybridized carbons (Fsp3) is 0.500. The summed E-state index contributed by atoms with van der Waals surface area (Å²) in [6.07, 6.45) is 3.31. The van der Waals surface area contributed by atoms with Crippen LogP contribution in [0, 0.1) is 20.8 Å². The molecule has 0 unspecified atom stereocenters. The van der Waals surface area contributed by atoms with Crippen molar-refractivity contribution < 1.29 is 4.79 Å². The Kier molecular flexibility index (Phi) is 3.80. The fourth-order valence-electron chi connectivity index (χ4n) is 4.44. The minimum Gasteiger partial charge on any atom is -0.331 e. The number of amides is 1. The Morgan fingerprint density at radius 2 is 1.92 bits per heavy atom. The molecule has 1 aromatic carbocycles. The van der Waals surface area contributed by atoms with Crippen LogP contribution < -0.4 is 5.32 Å². The van der Waals surface area contributed by atoms with Gasteiger partial charge in [-0.1, -0.05) is 11.6 Å². The molecular weight excluding hydrogens is 298 g/mol. The lowest BCUT2D eigenvalue weighted by Gasteiger charge is -2.28. The fourth-order valence-corrected chi connectivity index (χ4v) is 4.44. The summed E-state index contributed by atoms with van der Waals surface area (Å²) in [6.45, 7) is 8.07. The van der Waals surface area contributed by atoms with Gasteiger partial charge in [0.25, 0.3) is 5.91 Å². The second-order valence-electron chi connectivity index (χ2n) is 7.38. The van der Waals surface area contributed by atoms with E-state index in [0.29, 0.717) is 12.1 Å². The first-order valence-corrected chi connectivity index (χ1v) is 8.96. The number of carbonyl (C=O) groups is 1. The van der Waals surface area contributed by atoms with Gasteiger partial charge >= 0.3 is 0 Å². The summed E-state index contributed by atoms with van der Waals surface area (Å²) in [4.78, 5) is 20.3. The van der Waals surface area contributed by atoms with Crippen LogP contribution in [0.1, 0.15) is 46.4 Å². The predicted molar refractivity (Wildman–Crippen MR) is 96.4 cm³/mol. The van der Waals surface area contributed by atoms with Crippen molar-refractivity contribution in [1.82, 2.24) is 15.2 Å². The smallest absolute Gasteiger partial charge is 0.255 e. The van der Waals surface area contributed by atoms with Crippen LogP contribution in [0.2, 0.25) is 0 Å². The summed E-state index contributed by atoms with van der Waals surface area (Å²) in [7, 11) is 0. The van der Waals surface area contributed by atoms with Gasteiger partial charge in [-0.25, -0.2) is 0 Å². The molecule has 2 fully saturated rings. The molecule has 0 spiro atoms. The normalized spacial score (nSPS) is 23.5. The average molecular weight is 323 g/mol. The zero-order valence-corrected chi connectivity index (χ0v) is 14.7. The van der Waals surface area contributed by atoms with Crippen LogP contribution in [0.5, 0.6) is 0 Å². The van der Waals surface area contributed by atoms with Crippen LogP contribution in [-0.4, -0.2) is 41.0 Å². The number of aromatic nitrogens is 1. The van der Waals surface area contributed by atoms with Crippen LogP contribution >= 0.6 is 0 Å². The maximum atomic E-state index is 13.5. The molecule has 2 saturated heterocycles. The molecule has 3 heterocycles. The molecule has 2 atom stereocenters. The minimum atomic E-state index is 0.187. The van der Waals surface area contributed by atoms with Crippen molar-refractivity contribution in [1.29, 1.82) is 0 Å². The van der Waals surface area contributed by atoms with Gasteiger partial charge in [-0.2, -0.15) is 0 Å². The van der Waals surface area contributed by atoms with Crippen LogP contribution in [0.25, 0.3) is 10.9 Å². The Balaban J connectivity index is 1.85. The van der Waals surface area contributed by atoms with E-state index in [1.807, 2.05) is 13.0 Å². The molecule has 1 amide bonds. The molecule has 0 aliphatic carbocycles. The quantitative estimate of drug-likeness (QED) is 0.877. The number of carbonyl (C=O) groups excluding carboxylic acids is 1. The average Bonchev–Trinajstić information content (AvgIpc) is 2.80. The lowest BCUT2D eigenvalue weighted by molar-refractivity contribution is 0.0682. The van der Waals surface area contributed by atoms with Gasteiger partial charge in [-0.3, -0.25) is 9.78 Å². The number of nitrogens with zero attached hydrogens (tertiary/aromatic N) is 2. The van der Waals surface area contributed by atoms with Crippen LogP contribution in [-0.2, 0) is 0 Å². The summed E-state index contributed by atoms with van der Waals surface area (Å²) in [6, 6.07) is 6.94. The van der Waals surface area contributed by atoms with Crippen molar-refractivity contribution in [3.05, 3.63) is 40.6 Å². The second kappa shape index (κ2) is 5.85. The molecular formula is C20H25N3O. The number of rotatable bonds is 1. The van der Waals surface area contributed by atoms with E-state index in [4.69, 9.17) is 4.98 Å². The van der Waals surface area contributed by atoms with Crippen molar-refractivity contribution in [2.24, 2.45) is 0 Å². The van der Waals surface area contributed by atoms with E-state index >= 15 is 0 Å². The summed E-state index contributed by atoms with van der Waals surface area (Å²) in [5, 5.41) is 4.48. The van der Waals surface area contributed by atoms with E-state index in [-0.39, 0.29) is 5.91 Å².